The lowest BCUT2D eigenvalue weighted by molar-refractivity contribution is -0.122. The second-order valence-corrected chi connectivity index (χ2v) is 8.50. The van der Waals surface area contributed by atoms with Crippen molar-refractivity contribution >= 4 is 29.4 Å². The van der Waals surface area contributed by atoms with Crippen LogP contribution in [-0.4, -0.2) is 28.1 Å². The Labute approximate surface area is 186 Å². The lowest BCUT2D eigenvalue weighted by Gasteiger charge is -2.19. The minimum Gasteiger partial charge on any atom is -0.355 e. The van der Waals surface area contributed by atoms with Crippen molar-refractivity contribution in [3.8, 4) is 0 Å². The molecule has 2 amide bonds. The maximum Gasteiger partial charge on any atom is 0.241 e. The standard InChI is InChI=1S/C24H26N4O2S/c1-2-13-25-21(29)14-28-23(19-15-31-16-20(19)27-28)26-24(30)22(17-9-5-3-6-10-17)18-11-7-4-8-12-18/h3-12,22H,2,13-16H2,1H3,(H,25,29)(H,26,30). The van der Waals surface area contributed by atoms with E-state index in [1.165, 1.54) is 0 Å². The Kier molecular flexibility index (Phi) is 6.72. The molecule has 0 bridgehead atoms. The first kappa shape index (κ1) is 21.2. The second kappa shape index (κ2) is 9.83. The van der Waals surface area contributed by atoms with Crippen molar-refractivity contribution in [1.29, 1.82) is 0 Å². The number of benzene rings is 2. The van der Waals surface area contributed by atoms with Gasteiger partial charge >= 0.3 is 0 Å². The van der Waals surface area contributed by atoms with Crippen LogP contribution in [0.1, 0.15) is 41.6 Å². The fraction of sp³-hybridized carbons (Fsp3) is 0.292. The van der Waals surface area contributed by atoms with Gasteiger partial charge in [-0.3, -0.25) is 9.59 Å². The molecule has 0 unspecified atom stereocenters. The lowest BCUT2D eigenvalue weighted by atomic mass is 9.90. The van der Waals surface area contributed by atoms with Crippen LogP contribution in [0.15, 0.2) is 60.7 Å². The first-order valence-corrected chi connectivity index (χ1v) is 11.7. The van der Waals surface area contributed by atoms with Crippen molar-refractivity contribution in [3.05, 3.63) is 83.0 Å². The molecule has 0 radical (unpaired) electrons. The minimum atomic E-state index is -0.454. The summed E-state index contributed by atoms with van der Waals surface area (Å²) in [5.41, 5.74) is 3.80. The monoisotopic (exact) mass is 434 g/mol. The van der Waals surface area contributed by atoms with E-state index in [9.17, 15) is 9.59 Å². The van der Waals surface area contributed by atoms with Gasteiger partial charge in [-0.05, 0) is 17.5 Å². The van der Waals surface area contributed by atoms with Crippen LogP contribution < -0.4 is 10.6 Å². The average Bonchev–Trinajstić information content (AvgIpc) is 3.36. The Morgan fingerprint density at radius 3 is 2.29 bits per heavy atom. The average molecular weight is 435 g/mol. The van der Waals surface area contributed by atoms with E-state index in [-0.39, 0.29) is 18.4 Å². The predicted molar refractivity (Wildman–Crippen MR) is 124 cm³/mol. The van der Waals surface area contributed by atoms with E-state index in [4.69, 9.17) is 0 Å². The van der Waals surface area contributed by atoms with Gasteiger partial charge in [-0.1, -0.05) is 67.6 Å². The topological polar surface area (TPSA) is 76.0 Å². The second-order valence-electron chi connectivity index (χ2n) is 7.52. The van der Waals surface area contributed by atoms with Crippen LogP contribution in [-0.2, 0) is 27.6 Å². The van der Waals surface area contributed by atoms with E-state index in [0.29, 0.717) is 12.4 Å². The maximum atomic E-state index is 13.6. The van der Waals surface area contributed by atoms with Gasteiger partial charge in [-0.15, -0.1) is 0 Å². The molecule has 0 saturated carbocycles. The van der Waals surface area contributed by atoms with Gasteiger partial charge in [0, 0.05) is 23.6 Å². The number of nitrogens with one attached hydrogen (secondary N) is 2. The van der Waals surface area contributed by atoms with E-state index in [0.717, 1.165) is 40.3 Å². The third-order valence-corrected chi connectivity index (χ3v) is 6.22. The van der Waals surface area contributed by atoms with E-state index >= 15 is 0 Å². The fourth-order valence-electron chi connectivity index (χ4n) is 3.75. The molecule has 2 aromatic carbocycles. The predicted octanol–water partition coefficient (Wildman–Crippen LogP) is 3.93. The molecule has 7 heteroatoms. The van der Waals surface area contributed by atoms with Crippen molar-refractivity contribution in [2.75, 3.05) is 11.9 Å². The Bertz CT molecular complexity index is 1010. The molecule has 31 heavy (non-hydrogen) atoms. The zero-order valence-corrected chi connectivity index (χ0v) is 18.3. The zero-order valence-electron chi connectivity index (χ0n) is 17.5. The summed E-state index contributed by atoms with van der Waals surface area (Å²) >= 11 is 1.77. The van der Waals surface area contributed by atoms with E-state index in [1.807, 2.05) is 67.6 Å². The molecule has 1 aliphatic heterocycles. The summed E-state index contributed by atoms with van der Waals surface area (Å²) in [5.74, 6) is 1.52. The number of carbonyl (C=O) groups excluding carboxylic acids is 2. The molecule has 2 heterocycles. The van der Waals surface area contributed by atoms with Crippen LogP contribution in [0.3, 0.4) is 0 Å². The number of thioether (sulfide) groups is 1. The Morgan fingerprint density at radius 1 is 1.03 bits per heavy atom. The maximum absolute atomic E-state index is 13.6. The summed E-state index contributed by atoms with van der Waals surface area (Å²) in [4.78, 5) is 25.9. The van der Waals surface area contributed by atoms with Crippen molar-refractivity contribution < 1.29 is 9.59 Å². The molecule has 160 valence electrons. The lowest BCUT2D eigenvalue weighted by Crippen LogP contribution is -2.30. The van der Waals surface area contributed by atoms with Gasteiger partial charge in [-0.2, -0.15) is 16.9 Å². The Morgan fingerprint density at radius 2 is 1.68 bits per heavy atom. The third-order valence-electron chi connectivity index (χ3n) is 5.25. The third kappa shape index (κ3) is 4.82. The van der Waals surface area contributed by atoms with Gasteiger partial charge in [0.2, 0.25) is 11.8 Å². The molecule has 0 spiro atoms. The summed E-state index contributed by atoms with van der Waals surface area (Å²) in [5, 5.41) is 10.6. The first-order valence-electron chi connectivity index (χ1n) is 10.5. The molecule has 0 fully saturated rings. The summed E-state index contributed by atoms with van der Waals surface area (Å²) < 4.78 is 1.64. The molecule has 6 nitrogen and oxygen atoms in total. The number of anilines is 1. The highest BCUT2D eigenvalue weighted by molar-refractivity contribution is 7.98. The Balaban J connectivity index is 1.64. The smallest absolute Gasteiger partial charge is 0.241 e. The molecule has 2 N–H and O–H groups in total. The number of hydrogen-bond donors (Lipinski definition) is 2. The van der Waals surface area contributed by atoms with E-state index < -0.39 is 5.92 Å². The highest BCUT2D eigenvalue weighted by Crippen LogP contribution is 2.36. The number of amides is 2. The number of fused-ring (bicyclic) bond motifs is 1. The zero-order chi connectivity index (χ0) is 21.6. The highest BCUT2D eigenvalue weighted by Gasteiger charge is 2.28. The minimum absolute atomic E-state index is 0.0919. The number of rotatable bonds is 8. The number of hydrogen-bond acceptors (Lipinski definition) is 4. The molecule has 1 aliphatic rings. The molecule has 0 saturated heterocycles. The molecule has 1 aromatic heterocycles. The first-order chi connectivity index (χ1) is 15.2. The van der Waals surface area contributed by atoms with Crippen LogP contribution in [0.5, 0.6) is 0 Å². The highest BCUT2D eigenvalue weighted by atomic mass is 32.2. The van der Waals surface area contributed by atoms with Crippen molar-refractivity contribution in [2.24, 2.45) is 0 Å². The molecular weight excluding hydrogens is 408 g/mol. The summed E-state index contributed by atoms with van der Waals surface area (Å²) in [7, 11) is 0. The summed E-state index contributed by atoms with van der Waals surface area (Å²) in [6.07, 6.45) is 0.872. The molecule has 3 aromatic rings. The quantitative estimate of drug-likeness (QED) is 0.563. The van der Waals surface area contributed by atoms with Crippen LogP contribution in [0.4, 0.5) is 5.82 Å². The molecule has 0 aliphatic carbocycles. The number of aromatic nitrogens is 2. The van der Waals surface area contributed by atoms with Crippen molar-refractivity contribution in [2.45, 2.75) is 37.3 Å². The summed E-state index contributed by atoms with van der Waals surface area (Å²) in [6.45, 7) is 2.73. The van der Waals surface area contributed by atoms with Crippen LogP contribution >= 0.6 is 11.8 Å². The van der Waals surface area contributed by atoms with Gasteiger partial charge in [0.25, 0.3) is 0 Å². The molecule has 0 atom stereocenters. The summed E-state index contributed by atoms with van der Waals surface area (Å²) in [6, 6.07) is 19.5. The SMILES string of the molecule is CCCNC(=O)Cn1nc2c(c1NC(=O)C(c1ccccc1)c1ccccc1)CSC2. The van der Waals surface area contributed by atoms with Crippen molar-refractivity contribution in [3.63, 3.8) is 0 Å². The molecule has 4 rings (SSSR count). The normalized spacial score (nSPS) is 12.6. The van der Waals surface area contributed by atoms with Gasteiger partial charge in [0.1, 0.15) is 12.4 Å². The van der Waals surface area contributed by atoms with Crippen LogP contribution in [0.25, 0.3) is 0 Å². The van der Waals surface area contributed by atoms with Crippen LogP contribution in [0, 0.1) is 0 Å². The molecular formula is C24H26N4O2S. The van der Waals surface area contributed by atoms with Gasteiger partial charge in [0.05, 0.1) is 11.6 Å². The van der Waals surface area contributed by atoms with E-state index in [2.05, 4.69) is 15.7 Å². The van der Waals surface area contributed by atoms with Gasteiger partial charge in [0.15, 0.2) is 0 Å². The Hall–Kier alpha value is -3.06. The number of nitrogens with zero attached hydrogens (tertiary/aromatic N) is 2. The van der Waals surface area contributed by atoms with E-state index in [1.54, 1.807) is 16.4 Å². The largest absolute Gasteiger partial charge is 0.355 e. The number of carbonyl (C=O) groups is 2. The van der Waals surface area contributed by atoms with Gasteiger partial charge < -0.3 is 10.6 Å². The fourth-order valence-corrected chi connectivity index (χ4v) is 4.79. The van der Waals surface area contributed by atoms with Crippen molar-refractivity contribution in [1.82, 2.24) is 15.1 Å². The van der Waals surface area contributed by atoms with Crippen LogP contribution in [0.2, 0.25) is 0 Å². The van der Waals surface area contributed by atoms with Gasteiger partial charge in [-0.25, -0.2) is 4.68 Å².